The SMILES string of the molecule is O=C(CC(c1ccc(Cl)cc1)c1ccc(Cl)cc1)NCc1ccccc1. The van der Waals surface area contributed by atoms with Crippen LogP contribution in [0.1, 0.15) is 29.0 Å². The van der Waals surface area contributed by atoms with E-state index < -0.39 is 0 Å². The van der Waals surface area contributed by atoms with E-state index in [-0.39, 0.29) is 11.8 Å². The number of rotatable bonds is 6. The van der Waals surface area contributed by atoms with E-state index in [4.69, 9.17) is 23.2 Å². The van der Waals surface area contributed by atoms with Gasteiger partial charge in [-0.1, -0.05) is 77.8 Å². The number of amides is 1. The number of hydrogen-bond acceptors (Lipinski definition) is 1. The lowest BCUT2D eigenvalue weighted by Gasteiger charge is -2.18. The van der Waals surface area contributed by atoms with Crippen LogP contribution in [0.2, 0.25) is 10.0 Å². The molecule has 0 aromatic heterocycles. The second-order valence-corrected chi connectivity index (χ2v) is 7.00. The highest BCUT2D eigenvalue weighted by Crippen LogP contribution is 2.30. The Hall–Kier alpha value is -2.29. The van der Waals surface area contributed by atoms with Crippen molar-refractivity contribution in [2.24, 2.45) is 0 Å². The maximum atomic E-state index is 12.5. The zero-order valence-electron chi connectivity index (χ0n) is 14.2. The Labute approximate surface area is 163 Å². The van der Waals surface area contributed by atoms with Gasteiger partial charge in [-0.15, -0.1) is 0 Å². The van der Waals surface area contributed by atoms with Gasteiger partial charge in [-0.05, 0) is 41.0 Å². The quantitative estimate of drug-likeness (QED) is 0.569. The average Bonchev–Trinajstić information content (AvgIpc) is 2.67. The normalized spacial score (nSPS) is 10.7. The third kappa shape index (κ3) is 5.10. The van der Waals surface area contributed by atoms with Crippen LogP contribution in [0.25, 0.3) is 0 Å². The molecule has 4 heteroatoms. The van der Waals surface area contributed by atoms with Crippen molar-refractivity contribution in [3.63, 3.8) is 0 Å². The van der Waals surface area contributed by atoms with Gasteiger partial charge in [0.05, 0.1) is 0 Å². The molecule has 0 unspecified atom stereocenters. The highest BCUT2D eigenvalue weighted by molar-refractivity contribution is 6.30. The first kappa shape index (κ1) is 18.5. The summed E-state index contributed by atoms with van der Waals surface area (Å²) in [5.74, 6) is -0.0518. The smallest absolute Gasteiger partial charge is 0.221 e. The van der Waals surface area contributed by atoms with Crippen molar-refractivity contribution in [1.29, 1.82) is 0 Å². The van der Waals surface area contributed by atoms with Crippen molar-refractivity contribution in [1.82, 2.24) is 5.32 Å². The zero-order chi connectivity index (χ0) is 18.4. The van der Waals surface area contributed by atoms with E-state index in [2.05, 4.69) is 5.32 Å². The van der Waals surface area contributed by atoms with Gasteiger partial charge in [-0.2, -0.15) is 0 Å². The summed E-state index contributed by atoms with van der Waals surface area (Å²) >= 11 is 12.0. The summed E-state index contributed by atoms with van der Waals surface area (Å²) in [6.07, 6.45) is 0.357. The number of halogens is 2. The number of nitrogens with one attached hydrogen (secondary N) is 1. The molecule has 0 aliphatic rings. The van der Waals surface area contributed by atoms with E-state index in [1.807, 2.05) is 78.9 Å². The molecule has 3 aromatic carbocycles. The van der Waals surface area contributed by atoms with Crippen LogP contribution in [0.15, 0.2) is 78.9 Å². The molecule has 2 nitrogen and oxygen atoms in total. The molecule has 132 valence electrons. The first-order valence-electron chi connectivity index (χ1n) is 8.43. The van der Waals surface area contributed by atoms with Crippen LogP contribution in [0.4, 0.5) is 0 Å². The molecule has 3 aromatic rings. The van der Waals surface area contributed by atoms with E-state index in [0.717, 1.165) is 16.7 Å². The minimum Gasteiger partial charge on any atom is -0.352 e. The summed E-state index contributed by atoms with van der Waals surface area (Å²) in [4.78, 5) is 12.5. The predicted molar refractivity (Wildman–Crippen MR) is 108 cm³/mol. The van der Waals surface area contributed by atoms with Crippen LogP contribution < -0.4 is 5.32 Å². The topological polar surface area (TPSA) is 29.1 Å². The highest BCUT2D eigenvalue weighted by atomic mass is 35.5. The summed E-state index contributed by atoms with van der Waals surface area (Å²) in [6.45, 7) is 0.521. The third-order valence-corrected chi connectivity index (χ3v) is 4.77. The molecule has 26 heavy (non-hydrogen) atoms. The van der Waals surface area contributed by atoms with Crippen molar-refractivity contribution >= 4 is 29.1 Å². The Morgan fingerprint density at radius 1 is 0.769 bits per heavy atom. The van der Waals surface area contributed by atoms with Crippen molar-refractivity contribution in [2.75, 3.05) is 0 Å². The molecule has 0 saturated heterocycles. The van der Waals surface area contributed by atoms with E-state index in [1.54, 1.807) is 0 Å². The fraction of sp³-hybridized carbons (Fsp3) is 0.136. The highest BCUT2D eigenvalue weighted by Gasteiger charge is 2.18. The van der Waals surface area contributed by atoms with Gasteiger partial charge in [0.2, 0.25) is 5.91 Å². The predicted octanol–water partition coefficient (Wildman–Crippen LogP) is 5.83. The number of carbonyl (C=O) groups is 1. The molecular formula is C22H19Cl2NO. The van der Waals surface area contributed by atoms with Gasteiger partial charge in [0.25, 0.3) is 0 Å². The van der Waals surface area contributed by atoms with Gasteiger partial charge in [0.15, 0.2) is 0 Å². The minimum absolute atomic E-state index is 0.00348. The van der Waals surface area contributed by atoms with Crippen molar-refractivity contribution in [2.45, 2.75) is 18.9 Å². The van der Waals surface area contributed by atoms with Gasteiger partial charge in [0.1, 0.15) is 0 Å². The number of carbonyl (C=O) groups excluding carboxylic acids is 1. The monoisotopic (exact) mass is 383 g/mol. The lowest BCUT2D eigenvalue weighted by molar-refractivity contribution is -0.121. The van der Waals surface area contributed by atoms with Gasteiger partial charge >= 0.3 is 0 Å². The standard InChI is InChI=1S/C22H19Cl2NO/c23-19-10-6-17(7-11-19)21(18-8-12-20(24)13-9-18)14-22(26)25-15-16-4-2-1-3-5-16/h1-13,21H,14-15H2,(H,25,26). The lowest BCUT2D eigenvalue weighted by atomic mass is 9.88. The first-order chi connectivity index (χ1) is 12.6. The fourth-order valence-electron chi connectivity index (χ4n) is 2.87. The fourth-order valence-corrected chi connectivity index (χ4v) is 3.12. The summed E-state index contributed by atoms with van der Waals surface area (Å²) in [5.41, 5.74) is 3.17. The van der Waals surface area contributed by atoms with Crippen LogP contribution in [-0.2, 0) is 11.3 Å². The van der Waals surface area contributed by atoms with Crippen molar-refractivity contribution < 1.29 is 4.79 Å². The van der Waals surface area contributed by atoms with E-state index in [1.165, 1.54) is 0 Å². The van der Waals surface area contributed by atoms with E-state index in [0.29, 0.717) is 23.0 Å². The molecule has 1 N–H and O–H groups in total. The van der Waals surface area contributed by atoms with Gasteiger partial charge < -0.3 is 5.32 Å². The van der Waals surface area contributed by atoms with Crippen LogP contribution >= 0.6 is 23.2 Å². The molecule has 0 bridgehead atoms. The number of benzene rings is 3. The lowest BCUT2D eigenvalue weighted by Crippen LogP contribution is -2.25. The summed E-state index contributed by atoms with van der Waals surface area (Å²) in [6, 6.07) is 25.1. The number of hydrogen-bond donors (Lipinski definition) is 1. The van der Waals surface area contributed by atoms with Crippen LogP contribution in [0, 0.1) is 0 Å². The van der Waals surface area contributed by atoms with Crippen molar-refractivity contribution in [3.05, 3.63) is 106 Å². The molecular weight excluding hydrogens is 365 g/mol. The Kier molecular flexibility index (Phi) is 6.32. The molecule has 0 atom stereocenters. The molecule has 0 radical (unpaired) electrons. The molecule has 1 amide bonds. The van der Waals surface area contributed by atoms with Gasteiger partial charge in [-0.25, -0.2) is 0 Å². The molecule has 3 rings (SSSR count). The second kappa shape index (κ2) is 8.88. The Morgan fingerprint density at radius 3 is 1.77 bits per heavy atom. The molecule has 0 aliphatic carbocycles. The Morgan fingerprint density at radius 2 is 1.27 bits per heavy atom. The molecule has 0 fully saturated rings. The average molecular weight is 384 g/mol. The summed E-state index contributed by atoms with van der Waals surface area (Å²) < 4.78 is 0. The van der Waals surface area contributed by atoms with Crippen LogP contribution in [0.5, 0.6) is 0 Å². The van der Waals surface area contributed by atoms with E-state index >= 15 is 0 Å². The van der Waals surface area contributed by atoms with Gasteiger partial charge in [-0.3, -0.25) is 4.79 Å². The molecule has 0 spiro atoms. The largest absolute Gasteiger partial charge is 0.352 e. The van der Waals surface area contributed by atoms with Crippen LogP contribution in [0.3, 0.4) is 0 Å². The maximum Gasteiger partial charge on any atom is 0.221 e. The Balaban J connectivity index is 1.75. The van der Waals surface area contributed by atoms with Crippen molar-refractivity contribution in [3.8, 4) is 0 Å². The summed E-state index contributed by atoms with van der Waals surface area (Å²) in [7, 11) is 0. The second-order valence-electron chi connectivity index (χ2n) is 6.12. The molecule has 0 heterocycles. The zero-order valence-corrected chi connectivity index (χ0v) is 15.7. The minimum atomic E-state index is -0.0553. The summed E-state index contributed by atoms with van der Waals surface area (Å²) in [5, 5.41) is 4.36. The maximum absolute atomic E-state index is 12.5. The van der Waals surface area contributed by atoms with E-state index in [9.17, 15) is 4.79 Å². The molecule has 0 aliphatic heterocycles. The third-order valence-electron chi connectivity index (χ3n) is 4.27. The van der Waals surface area contributed by atoms with Gasteiger partial charge in [0, 0.05) is 28.9 Å². The van der Waals surface area contributed by atoms with Crippen LogP contribution in [-0.4, -0.2) is 5.91 Å². The Bertz CT molecular complexity index is 800. The molecule has 0 saturated carbocycles. The first-order valence-corrected chi connectivity index (χ1v) is 9.19.